The van der Waals surface area contributed by atoms with Crippen LogP contribution >= 0.6 is 23.5 Å². The van der Waals surface area contributed by atoms with Crippen LogP contribution < -0.4 is 0 Å². The number of esters is 1. The van der Waals surface area contributed by atoms with Gasteiger partial charge in [-0.25, -0.2) is 14.8 Å². The first kappa shape index (κ1) is 12.3. The van der Waals surface area contributed by atoms with Crippen molar-refractivity contribution in [3.63, 3.8) is 0 Å². The maximum absolute atomic E-state index is 11.6. The van der Waals surface area contributed by atoms with Crippen molar-refractivity contribution in [1.29, 1.82) is 0 Å². The Morgan fingerprint density at radius 1 is 1.20 bits per heavy atom. The molecular formula is C9H12N2O2S2. The minimum absolute atomic E-state index is 0.385. The predicted octanol–water partition coefficient (Wildman–Crippen LogP) is 2.02. The zero-order valence-corrected chi connectivity index (χ0v) is 10.7. The molecule has 0 saturated heterocycles. The number of carbonyl (C=O) groups is 1. The van der Waals surface area contributed by atoms with E-state index >= 15 is 0 Å². The molecule has 82 valence electrons. The van der Waals surface area contributed by atoms with Gasteiger partial charge in [-0.1, -0.05) is 0 Å². The number of rotatable bonds is 3. The largest absolute Gasteiger partial charge is 0.465 e. The molecule has 0 spiro atoms. The van der Waals surface area contributed by atoms with Gasteiger partial charge in [0, 0.05) is 0 Å². The van der Waals surface area contributed by atoms with E-state index in [1.54, 1.807) is 6.92 Å². The molecule has 0 N–H and O–H groups in total. The Kier molecular flexibility index (Phi) is 4.41. The van der Waals surface area contributed by atoms with Crippen molar-refractivity contribution in [2.24, 2.45) is 0 Å². The van der Waals surface area contributed by atoms with Gasteiger partial charge in [-0.3, -0.25) is 0 Å². The number of aryl methyl sites for hydroxylation is 1. The van der Waals surface area contributed by atoms with E-state index in [1.807, 2.05) is 12.5 Å². The predicted molar refractivity (Wildman–Crippen MR) is 61.7 cm³/mol. The van der Waals surface area contributed by atoms with Crippen LogP contribution in [-0.2, 0) is 4.74 Å². The molecule has 15 heavy (non-hydrogen) atoms. The summed E-state index contributed by atoms with van der Waals surface area (Å²) < 4.78 is 4.72. The van der Waals surface area contributed by atoms with Crippen LogP contribution in [0.2, 0.25) is 0 Å². The van der Waals surface area contributed by atoms with E-state index in [0.717, 1.165) is 0 Å². The minimum Gasteiger partial charge on any atom is -0.465 e. The first-order chi connectivity index (χ1) is 7.13. The van der Waals surface area contributed by atoms with Crippen LogP contribution in [0.1, 0.15) is 16.2 Å². The van der Waals surface area contributed by atoms with Crippen molar-refractivity contribution < 1.29 is 9.53 Å². The number of nitrogens with zero attached hydrogens (tertiary/aromatic N) is 2. The van der Waals surface area contributed by atoms with E-state index in [-0.39, 0.29) is 5.97 Å². The van der Waals surface area contributed by atoms with Crippen LogP contribution in [0.3, 0.4) is 0 Å². The average molecular weight is 244 g/mol. The number of carbonyl (C=O) groups excluding carboxylic acids is 1. The molecule has 0 aliphatic rings. The lowest BCUT2D eigenvalue weighted by atomic mass is 10.3. The molecule has 0 aliphatic heterocycles. The normalized spacial score (nSPS) is 10.1. The highest BCUT2D eigenvalue weighted by atomic mass is 32.2. The fourth-order valence-corrected chi connectivity index (χ4v) is 2.37. The Labute approximate surface area is 97.2 Å². The lowest BCUT2D eigenvalue weighted by molar-refractivity contribution is 0.0590. The SMILES string of the molecule is COC(=O)c1c(SC)nc(C)nc1SC. The molecule has 1 heterocycles. The smallest absolute Gasteiger partial charge is 0.343 e. The Morgan fingerprint density at radius 3 is 2.00 bits per heavy atom. The molecule has 0 radical (unpaired) electrons. The minimum atomic E-state index is -0.385. The molecule has 0 amide bonds. The van der Waals surface area contributed by atoms with Gasteiger partial charge in [-0.05, 0) is 19.4 Å². The molecule has 0 atom stereocenters. The summed E-state index contributed by atoms with van der Waals surface area (Å²) in [4.78, 5) is 20.0. The van der Waals surface area contributed by atoms with E-state index in [9.17, 15) is 4.79 Å². The monoisotopic (exact) mass is 244 g/mol. The fourth-order valence-electron chi connectivity index (χ4n) is 1.09. The fraction of sp³-hybridized carbons (Fsp3) is 0.444. The molecule has 1 aromatic heterocycles. The molecule has 0 unspecified atom stereocenters. The Bertz CT molecular complexity index is 357. The highest BCUT2D eigenvalue weighted by molar-refractivity contribution is 7.99. The third-order valence-electron chi connectivity index (χ3n) is 1.73. The summed E-state index contributed by atoms with van der Waals surface area (Å²) in [7, 11) is 1.36. The summed E-state index contributed by atoms with van der Waals surface area (Å²) in [5.74, 6) is 0.278. The second-order valence-corrected chi connectivity index (χ2v) is 4.25. The van der Waals surface area contributed by atoms with E-state index in [0.29, 0.717) is 21.4 Å². The zero-order chi connectivity index (χ0) is 11.4. The second kappa shape index (κ2) is 5.37. The van der Waals surface area contributed by atoms with Crippen LogP contribution in [0.15, 0.2) is 10.1 Å². The Balaban J connectivity index is 3.36. The Hall–Kier alpha value is -0.750. The highest BCUT2D eigenvalue weighted by Gasteiger charge is 2.19. The van der Waals surface area contributed by atoms with E-state index in [1.165, 1.54) is 30.6 Å². The van der Waals surface area contributed by atoms with Gasteiger partial charge in [0.2, 0.25) is 0 Å². The standard InChI is InChI=1S/C9H12N2O2S2/c1-5-10-7(14-3)6(9(12)13-2)8(11-5)15-4/h1-4H3. The summed E-state index contributed by atoms with van der Waals surface area (Å²) in [5, 5.41) is 1.33. The molecule has 0 saturated carbocycles. The first-order valence-corrected chi connectivity index (χ1v) is 6.64. The molecule has 4 nitrogen and oxygen atoms in total. The molecule has 1 rings (SSSR count). The molecule has 0 bridgehead atoms. The van der Waals surface area contributed by atoms with Crippen LogP contribution in [0.5, 0.6) is 0 Å². The van der Waals surface area contributed by atoms with E-state index in [4.69, 9.17) is 4.74 Å². The lowest BCUT2D eigenvalue weighted by Crippen LogP contribution is -2.09. The third-order valence-corrected chi connectivity index (χ3v) is 3.09. The van der Waals surface area contributed by atoms with Crippen molar-refractivity contribution in [3.8, 4) is 0 Å². The van der Waals surface area contributed by atoms with Gasteiger partial charge in [0.1, 0.15) is 21.4 Å². The van der Waals surface area contributed by atoms with Gasteiger partial charge >= 0.3 is 5.97 Å². The van der Waals surface area contributed by atoms with Crippen LogP contribution in [0.4, 0.5) is 0 Å². The van der Waals surface area contributed by atoms with Gasteiger partial charge in [0.15, 0.2) is 0 Å². The van der Waals surface area contributed by atoms with Gasteiger partial charge in [-0.15, -0.1) is 23.5 Å². The van der Waals surface area contributed by atoms with Gasteiger partial charge in [-0.2, -0.15) is 0 Å². The summed E-state index contributed by atoms with van der Waals surface area (Å²) in [6, 6.07) is 0. The van der Waals surface area contributed by atoms with Crippen molar-refractivity contribution in [1.82, 2.24) is 9.97 Å². The summed E-state index contributed by atoms with van der Waals surface area (Å²) in [6.07, 6.45) is 3.75. The maximum atomic E-state index is 11.6. The van der Waals surface area contributed by atoms with Gasteiger partial charge in [0.05, 0.1) is 7.11 Å². The zero-order valence-electron chi connectivity index (χ0n) is 9.03. The quantitative estimate of drug-likeness (QED) is 0.460. The van der Waals surface area contributed by atoms with Crippen molar-refractivity contribution in [2.75, 3.05) is 19.6 Å². The van der Waals surface area contributed by atoms with E-state index < -0.39 is 0 Å². The van der Waals surface area contributed by atoms with Crippen LogP contribution in [0, 0.1) is 6.92 Å². The summed E-state index contributed by atoms with van der Waals surface area (Å²) in [6.45, 7) is 1.81. The van der Waals surface area contributed by atoms with Crippen molar-refractivity contribution >= 4 is 29.5 Å². The average Bonchev–Trinajstić information content (AvgIpc) is 2.26. The number of hydrogen-bond donors (Lipinski definition) is 0. The van der Waals surface area contributed by atoms with E-state index in [2.05, 4.69) is 9.97 Å². The molecule has 0 fully saturated rings. The van der Waals surface area contributed by atoms with Crippen molar-refractivity contribution in [2.45, 2.75) is 17.0 Å². The van der Waals surface area contributed by atoms with Crippen molar-refractivity contribution in [3.05, 3.63) is 11.4 Å². The second-order valence-electron chi connectivity index (χ2n) is 2.66. The number of ether oxygens (including phenoxy) is 1. The number of methoxy groups -OCH3 is 1. The first-order valence-electron chi connectivity index (χ1n) is 4.19. The lowest BCUT2D eigenvalue weighted by Gasteiger charge is -2.09. The number of aromatic nitrogens is 2. The molecule has 6 heteroatoms. The van der Waals surface area contributed by atoms with Crippen LogP contribution in [0.25, 0.3) is 0 Å². The third kappa shape index (κ3) is 2.63. The molecule has 0 aromatic carbocycles. The molecule has 1 aromatic rings. The Morgan fingerprint density at radius 2 is 1.67 bits per heavy atom. The number of hydrogen-bond acceptors (Lipinski definition) is 6. The van der Waals surface area contributed by atoms with Crippen LogP contribution in [-0.4, -0.2) is 35.6 Å². The summed E-state index contributed by atoms with van der Waals surface area (Å²) >= 11 is 2.84. The molecule has 0 aliphatic carbocycles. The summed E-state index contributed by atoms with van der Waals surface area (Å²) in [5.41, 5.74) is 0.461. The topological polar surface area (TPSA) is 52.1 Å². The van der Waals surface area contributed by atoms with Gasteiger partial charge in [0.25, 0.3) is 0 Å². The highest BCUT2D eigenvalue weighted by Crippen LogP contribution is 2.26. The maximum Gasteiger partial charge on any atom is 0.343 e. The molecular weight excluding hydrogens is 232 g/mol. The van der Waals surface area contributed by atoms with Gasteiger partial charge < -0.3 is 4.74 Å². The number of thioether (sulfide) groups is 2.